The number of alkyl halides is 1. The van der Waals surface area contributed by atoms with Crippen molar-refractivity contribution in [1.29, 1.82) is 0 Å². The van der Waals surface area contributed by atoms with E-state index in [1.54, 1.807) is 0 Å². The van der Waals surface area contributed by atoms with Crippen LogP contribution >= 0.6 is 11.6 Å². The third-order valence-corrected chi connectivity index (χ3v) is 3.68. The highest BCUT2D eigenvalue weighted by atomic mass is 35.5. The molecule has 0 amide bonds. The predicted octanol–water partition coefficient (Wildman–Crippen LogP) is 3.50. The number of para-hydroxylation sites is 1. The van der Waals surface area contributed by atoms with Gasteiger partial charge in [-0.3, -0.25) is 0 Å². The third kappa shape index (κ3) is 3.39. The van der Waals surface area contributed by atoms with Crippen LogP contribution in [0.3, 0.4) is 0 Å². The number of benzene rings is 1. The molecule has 0 saturated heterocycles. The topological polar surface area (TPSA) is 12.5 Å². The van der Waals surface area contributed by atoms with Crippen molar-refractivity contribution in [3.63, 3.8) is 0 Å². The Kier molecular flexibility index (Phi) is 5.33. The molecule has 1 aliphatic heterocycles. The minimum absolute atomic E-state index is 0.501. The molecular formula is C15H22ClNO. The molecule has 3 heteroatoms. The molecule has 1 aromatic rings. The number of hydrogen-bond acceptors (Lipinski definition) is 2. The van der Waals surface area contributed by atoms with Crippen LogP contribution in [0.2, 0.25) is 0 Å². The molecule has 2 nitrogen and oxygen atoms in total. The quantitative estimate of drug-likeness (QED) is 0.701. The molecule has 0 aliphatic carbocycles. The van der Waals surface area contributed by atoms with Gasteiger partial charge in [-0.2, -0.15) is 0 Å². The predicted molar refractivity (Wildman–Crippen MR) is 76.7 cm³/mol. The van der Waals surface area contributed by atoms with Gasteiger partial charge in [0.25, 0.3) is 0 Å². The number of nitrogens with zero attached hydrogens (tertiary/aromatic N) is 1. The van der Waals surface area contributed by atoms with Crippen LogP contribution in [-0.2, 0) is 0 Å². The fourth-order valence-electron chi connectivity index (χ4n) is 2.49. The molecule has 0 aromatic heterocycles. The summed E-state index contributed by atoms with van der Waals surface area (Å²) in [6.07, 6.45) is 2.47. The highest BCUT2D eigenvalue weighted by Crippen LogP contribution is 2.33. The minimum atomic E-state index is 0.501. The Morgan fingerprint density at radius 3 is 2.94 bits per heavy atom. The largest absolute Gasteiger partial charge is 0.493 e. The average Bonchev–Trinajstić information content (AvgIpc) is 2.80. The van der Waals surface area contributed by atoms with Gasteiger partial charge in [0.2, 0.25) is 0 Å². The zero-order chi connectivity index (χ0) is 12.8. The van der Waals surface area contributed by atoms with Crippen LogP contribution in [0, 0.1) is 0 Å². The van der Waals surface area contributed by atoms with E-state index in [2.05, 4.69) is 30.0 Å². The lowest BCUT2D eigenvalue weighted by Gasteiger charge is -2.24. The molecule has 0 fully saturated rings. The van der Waals surface area contributed by atoms with Crippen LogP contribution in [0.15, 0.2) is 24.3 Å². The van der Waals surface area contributed by atoms with Crippen molar-refractivity contribution in [2.45, 2.75) is 25.7 Å². The second-order valence-corrected chi connectivity index (χ2v) is 5.27. The highest BCUT2D eigenvalue weighted by molar-refractivity contribution is 6.18. The van der Waals surface area contributed by atoms with Crippen molar-refractivity contribution in [3.05, 3.63) is 29.8 Å². The third-order valence-electron chi connectivity index (χ3n) is 3.51. The van der Waals surface area contributed by atoms with Crippen molar-refractivity contribution >= 4 is 11.6 Å². The van der Waals surface area contributed by atoms with Crippen LogP contribution in [0.25, 0.3) is 0 Å². The summed E-state index contributed by atoms with van der Waals surface area (Å²) in [5, 5.41) is 0. The molecule has 0 spiro atoms. The molecule has 1 unspecified atom stereocenters. The summed E-state index contributed by atoms with van der Waals surface area (Å²) in [4.78, 5) is 2.46. The normalized spacial score (nSPS) is 17.8. The van der Waals surface area contributed by atoms with E-state index in [9.17, 15) is 0 Å². The van der Waals surface area contributed by atoms with E-state index >= 15 is 0 Å². The maximum atomic E-state index is 5.89. The van der Waals surface area contributed by atoms with E-state index in [-0.39, 0.29) is 0 Å². The summed E-state index contributed by atoms with van der Waals surface area (Å²) in [5.41, 5.74) is 1.36. The molecule has 1 atom stereocenters. The first kappa shape index (κ1) is 13.7. The fourth-order valence-corrected chi connectivity index (χ4v) is 2.73. The van der Waals surface area contributed by atoms with Crippen LogP contribution in [-0.4, -0.2) is 37.0 Å². The molecule has 18 heavy (non-hydrogen) atoms. The first-order valence-corrected chi connectivity index (χ1v) is 7.38. The van der Waals surface area contributed by atoms with Gasteiger partial charge in [-0.1, -0.05) is 31.5 Å². The molecule has 0 radical (unpaired) electrons. The molecule has 1 heterocycles. The van der Waals surface area contributed by atoms with Crippen LogP contribution in [0.1, 0.15) is 31.2 Å². The van der Waals surface area contributed by atoms with E-state index in [1.165, 1.54) is 18.4 Å². The summed E-state index contributed by atoms with van der Waals surface area (Å²) in [7, 11) is 0. The Balaban J connectivity index is 1.95. The lowest BCUT2D eigenvalue weighted by molar-refractivity contribution is 0.240. The van der Waals surface area contributed by atoms with Gasteiger partial charge in [-0.15, -0.1) is 11.6 Å². The van der Waals surface area contributed by atoms with E-state index in [0.29, 0.717) is 11.8 Å². The first-order valence-electron chi connectivity index (χ1n) is 6.85. The molecular weight excluding hydrogens is 246 g/mol. The smallest absolute Gasteiger partial charge is 0.122 e. The number of ether oxygens (including phenoxy) is 1. The summed E-state index contributed by atoms with van der Waals surface area (Å²) < 4.78 is 5.73. The van der Waals surface area contributed by atoms with E-state index in [0.717, 1.165) is 32.0 Å². The van der Waals surface area contributed by atoms with Gasteiger partial charge in [0.15, 0.2) is 0 Å². The second kappa shape index (κ2) is 7.01. The summed E-state index contributed by atoms with van der Waals surface area (Å²) >= 11 is 5.89. The van der Waals surface area contributed by atoms with Gasteiger partial charge in [-0.25, -0.2) is 0 Å². The Hall–Kier alpha value is -0.730. The number of hydrogen-bond donors (Lipinski definition) is 0. The van der Waals surface area contributed by atoms with Gasteiger partial charge < -0.3 is 9.64 Å². The molecule has 0 N–H and O–H groups in total. The van der Waals surface area contributed by atoms with Crippen LogP contribution in [0.4, 0.5) is 0 Å². The molecule has 0 saturated carbocycles. The average molecular weight is 268 g/mol. The number of fused-ring (bicyclic) bond motifs is 1. The highest BCUT2D eigenvalue weighted by Gasteiger charge is 2.25. The Morgan fingerprint density at radius 2 is 2.17 bits per heavy atom. The standard InChI is InChI=1S/C15H22ClNO/c1-2-3-9-17(10-8-16)11-13-12-18-15-7-5-4-6-14(13)15/h4-7,13H,2-3,8-12H2,1H3. The van der Waals surface area contributed by atoms with E-state index in [1.807, 2.05) is 6.07 Å². The lowest BCUT2D eigenvalue weighted by atomic mass is 10.0. The molecule has 1 aromatic carbocycles. The van der Waals surface area contributed by atoms with Gasteiger partial charge >= 0.3 is 0 Å². The van der Waals surface area contributed by atoms with Gasteiger partial charge in [-0.05, 0) is 19.0 Å². The second-order valence-electron chi connectivity index (χ2n) is 4.89. The number of rotatable bonds is 7. The fraction of sp³-hybridized carbons (Fsp3) is 0.600. The number of unbranched alkanes of at least 4 members (excludes halogenated alkanes) is 1. The van der Waals surface area contributed by atoms with Crippen LogP contribution < -0.4 is 4.74 Å². The van der Waals surface area contributed by atoms with Crippen molar-refractivity contribution < 1.29 is 4.74 Å². The Bertz CT molecular complexity index is 369. The van der Waals surface area contributed by atoms with Gasteiger partial charge in [0, 0.05) is 30.5 Å². The number of halogens is 1. The maximum absolute atomic E-state index is 5.89. The van der Waals surface area contributed by atoms with Crippen molar-refractivity contribution in [1.82, 2.24) is 4.90 Å². The molecule has 0 bridgehead atoms. The van der Waals surface area contributed by atoms with Crippen molar-refractivity contribution in [2.75, 3.05) is 32.1 Å². The minimum Gasteiger partial charge on any atom is -0.493 e. The van der Waals surface area contributed by atoms with Crippen molar-refractivity contribution in [3.8, 4) is 5.75 Å². The molecule has 1 aliphatic rings. The zero-order valence-corrected chi connectivity index (χ0v) is 11.8. The van der Waals surface area contributed by atoms with Crippen molar-refractivity contribution in [2.24, 2.45) is 0 Å². The van der Waals surface area contributed by atoms with Crippen LogP contribution in [0.5, 0.6) is 5.75 Å². The lowest BCUT2D eigenvalue weighted by Crippen LogP contribution is -2.32. The first-order chi connectivity index (χ1) is 8.85. The monoisotopic (exact) mass is 267 g/mol. The zero-order valence-electron chi connectivity index (χ0n) is 11.1. The summed E-state index contributed by atoms with van der Waals surface area (Å²) in [6, 6.07) is 8.38. The Morgan fingerprint density at radius 1 is 1.33 bits per heavy atom. The van der Waals surface area contributed by atoms with E-state index < -0.39 is 0 Å². The van der Waals surface area contributed by atoms with Gasteiger partial charge in [0.1, 0.15) is 5.75 Å². The SMILES string of the molecule is CCCCN(CCCl)CC1COc2ccccc21. The maximum Gasteiger partial charge on any atom is 0.122 e. The van der Waals surface area contributed by atoms with E-state index in [4.69, 9.17) is 16.3 Å². The molecule has 2 rings (SSSR count). The Labute approximate surface area is 115 Å². The molecule has 100 valence electrons. The van der Waals surface area contributed by atoms with Gasteiger partial charge in [0.05, 0.1) is 6.61 Å². The summed E-state index contributed by atoms with van der Waals surface area (Å²) in [6.45, 7) is 6.21. The summed E-state index contributed by atoms with van der Waals surface area (Å²) in [5.74, 6) is 2.27.